The number of hydrogen-bond donors (Lipinski definition) is 5. The van der Waals surface area contributed by atoms with Gasteiger partial charge >= 0.3 is 5.97 Å². The first-order valence-corrected chi connectivity index (χ1v) is 7.34. The molecule has 0 fully saturated rings. The maximum atomic E-state index is 12.4. The zero-order valence-electron chi connectivity index (χ0n) is 13.4. The van der Waals surface area contributed by atoms with Gasteiger partial charge in [0.25, 0.3) is 0 Å². The van der Waals surface area contributed by atoms with E-state index in [1.165, 1.54) is 6.07 Å². The highest BCUT2D eigenvalue weighted by Crippen LogP contribution is 2.37. The summed E-state index contributed by atoms with van der Waals surface area (Å²) in [5, 5.41) is 47.3. The molecule has 2 aromatic carbocycles. The molecule has 0 saturated carbocycles. The fourth-order valence-corrected chi connectivity index (χ4v) is 2.32. The number of fused-ring (bicyclic) bond motifs is 1. The smallest absolute Gasteiger partial charge is 0.334 e. The van der Waals surface area contributed by atoms with Crippen LogP contribution in [0.1, 0.15) is 0 Å². The molecule has 0 saturated heterocycles. The van der Waals surface area contributed by atoms with Crippen molar-refractivity contribution in [3.05, 3.63) is 40.6 Å². The standard InChI is InChI=1S/C17H12O10/c18-9-2-1-7(3-10(9)19)17-16(24)15(23)14-11(20)4-8(5-12(14)26-17)27-25-6-13(21)22/h1-5,18-20,24H,6H2,(H,21,22). The van der Waals surface area contributed by atoms with Crippen molar-refractivity contribution in [3.8, 4) is 40.1 Å². The molecule has 27 heavy (non-hydrogen) atoms. The fourth-order valence-electron chi connectivity index (χ4n) is 2.32. The third-order valence-corrected chi connectivity index (χ3v) is 3.50. The van der Waals surface area contributed by atoms with E-state index in [1.54, 1.807) is 0 Å². The first-order chi connectivity index (χ1) is 12.8. The van der Waals surface area contributed by atoms with Gasteiger partial charge in [0.15, 0.2) is 29.6 Å². The number of carboxylic acids is 1. The van der Waals surface area contributed by atoms with Gasteiger partial charge in [0.05, 0.1) is 0 Å². The Kier molecular flexibility index (Phi) is 4.48. The topological polar surface area (TPSA) is 167 Å². The highest BCUT2D eigenvalue weighted by molar-refractivity contribution is 5.88. The van der Waals surface area contributed by atoms with Crippen LogP contribution in [-0.2, 0) is 9.68 Å². The summed E-state index contributed by atoms with van der Waals surface area (Å²) in [6.07, 6.45) is 0. The van der Waals surface area contributed by atoms with Crippen molar-refractivity contribution in [3.63, 3.8) is 0 Å². The second-order valence-electron chi connectivity index (χ2n) is 5.37. The molecule has 0 spiro atoms. The molecule has 10 nitrogen and oxygen atoms in total. The van der Waals surface area contributed by atoms with E-state index in [0.717, 1.165) is 24.3 Å². The summed E-state index contributed by atoms with van der Waals surface area (Å²) in [5.41, 5.74) is -1.07. The van der Waals surface area contributed by atoms with Gasteiger partial charge < -0.3 is 34.8 Å². The van der Waals surface area contributed by atoms with Gasteiger partial charge in [0, 0.05) is 17.7 Å². The number of aliphatic carboxylic acids is 1. The molecule has 3 aromatic rings. The van der Waals surface area contributed by atoms with E-state index in [-0.39, 0.29) is 28.0 Å². The quantitative estimate of drug-likeness (QED) is 0.251. The lowest BCUT2D eigenvalue weighted by molar-refractivity contribution is -0.213. The summed E-state index contributed by atoms with van der Waals surface area (Å²) >= 11 is 0. The van der Waals surface area contributed by atoms with E-state index in [2.05, 4.69) is 4.89 Å². The van der Waals surface area contributed by atoms with Gasteiger partial charge in [0.2, 0.25) is 11.2 Å². The summed E-state index contributed by atoms with van der Waals surface area (Å²) in [6.45, 7) is -0.767. The van der Waals surface area contributed by atoms with Gasteiger partial charge in [-0.2, -0.15) is 4.89 Å². The van der Waals surface area contributed by atoms with Crippen LogP contribution in [0.25, 0.3) is 22.3 Å². The maximum absolute atomic E-state index is 12.4. The van der Waals surface area contributed by atoms with E-state index >= 15 is 0 Å². The highest BCUT2D eigenvalue weighted by atomic mass is 17.2. The van der Waals surface area contributed by atoms with Crippen LogP contribution in [0.2, 0.25) is 0 Å². The third-order valence-electron chi connectivity index (χ3n) is 3.50. The van der Waals surface area contributed by atoms with Crippen LogP contribution in [0, 0.1) is 0 Å². The first-order valence-electron chi connectivity index (χ1n) is 7.34. The minimum atomic E-state index is -1.29. The molecule has 3 rings (SSSR count). The minimum absolute atomic E-state index is 0.0785. The molecule has 0 unspecified atom stereocenters. The number of benzene rings is 2. The van der Waals surface area contributed by atoms with Gasteiger partial charge in [-0.15, -0.1) is 0 Å². The number of carbonyl (C=O) groups is 1. The van der Waals surface area contributed by atoms with Gasteiger partial charge in [-0.1, -0.05) is 0 Å². The van der Waals surface area contributed by atoms with Crippen LogP contribution in [-0.4, -0.2) is 38.1 Å². The molecule has 0 aliphatic carbocycles. The number of aromatic hydroxyl groups is 4. The SMILES string of the molecule is O=C(O)COOc1cc(O)c2c(=O)c(O)c(-c3ccc(O)c(O)c3)oc2c1. The van der Waals surface area contributed by atoms with Crippen LogP contribution in [0.4, 0.5) is 0 Å². The number of phenolic OH excluding ortho intramolecular Hbond substituents is 3. The highest BCUT2D eigenvalue weighted by Gasteiger charge is 2.20. The van der Waals surface area contributed by atoms with Crippen molar-refractivity contribution in [2.75, 3.05) is 6.61 Å². The van der Waals surface area contributed by atoms with E-state index in [9.17, 15) is 30.0 Å². The fraction of sp³-hybridized carbons (Fsp3) is 0.0588. The van der Waals surface area contributed by atoms with E-state index in [1.807, 2.05) is 0 Å². The Balaban J connectivity index is 2.13. The molecule has 0 bridgehead atoms. The summed E-state index contributed by atoms with van der Waals surface area (Å²) in [7, 11) is 0. The Morgan fingerprint density at radius 2 is 1.74 bits per heavy atom. The van der Waals surface area contributed by atoms with Gasteiger partial charge in [0.1, 0.15) is 16.7 Å². The first kappa shape index (κ1) is 17.9. The lowest BCUT2D eigenvalue weighted by atomic mass is 10.1. The minimum Gasteiger partial charge on any atom is -0.507 e. The predicted molar refractivity (Wildman–Crippen MR) is 88.8 cm³/mol. The summed E-state index contributed by atoms with van der Waals surface area (Å²) < 4.78 is 5.45. The van der Waals surface area contributed by atoms with Gasteiger partial charge in [-0.25, -0.2) is 4.79 Å². The van der Waals surface area contributed by atoms with Gasteiger partial charge in [-0.05, 0) is 18.2 Å². The van der Waals surface area contributed by atoms with Crippen molar-refractivity contribution in [2.45, 2.75) is 0 Å². The molecule has 0 atom stereocenters. The lowest BCUT2D eigenvalue weighted by Gasteiger charge is -2.09. The molecular formula is C17H12O10. The van der Waals surface area contributed by atoms with Gasteiger partial charge in [-0.3, -0.25) is 4.79 Å². The summed E-state index contributed by atoms with van der Waals surface area (Å²) in [4.78, 5) is 32.0. The Hall–Kier alpha value is -3.92. The number of carboxylic acid groups (broad SMARTS) is 1. The summed E-state index contributed by atoms with van der Waals surface area (Å²) in [5.74, 6) is -4.10. The zero-order valence-corrected chi connectivity index (χ0v) is 13.4. The molecule has 0 aliphatic rings. The summed E-state index contributed by atoms with van der Waals surface area (Å²) in [6, 6.07) is 5.60. The number of hydrogen-bond acceptors (Lipinski definition) is 9. The molecule has 140 valence electrons. The zero-order chi connectivity index (χ0) is 19.7. The normalized spacial score (nSPS) is 10.8. The van der Waals surface area contributed by atoms with E-state index < -0.39 is 41.0 Å². The van der Waals surface area contributed by atoms with Crippen LogP contribution >= 0.6 is 0 Å². The second kappa shape index (κ2) is 6.77. The Labute approximate surface area is 149 Å². The van der Waals surface area contributed by atoms with Crippen molar-refractivity contribution in [1.82, 2.24) is 0 Å². The third kappa shape index (κ3) is 3.41. The van der Waals surface area contributed by atoms with Crippen LogP contribution < -0.4 is 10.3 Å². The molecular weight excluding hydrogens is 364 g/mol. The number of rotatable bonds is 5. The van der Waals surface area contributed by atoms with Crippen molar-refractivity contribution in [2.24, 2.45) is 0 Å². The van der Waals surface area contributed by atoms with E-state index in [0.29, 0.717) is 0 Å². The Morgan fingerprint density at radius 3 is 2.41 bits per heavy atom. The largest absolute Gasteiger partial charge is 0.507 e. The predicted octanol–water partition coefficient (Wildman–Crippen LogP) is 1.68. The molecule has 1 aromatic heterocycles. The average Bonchev–Trinajstić information content (AvgIpc) is 2.60. The maximum Gasteiger partial charge on any atom is 0.334 e. The van der Waals surface area contributed by atoms with Crippen LogP contribution in [0.15, 0.2) is 39.5 Å². The van der Waals surface area contributed by atoms with Crippen molar-refractivity contribution in [1.29, 1.82) is 0 Å². The molecule has 0 aliphatic heterocycles. The molecule has 5 N–H and O–H groups in total. The molecule has 1 heterocycles. The van der Waals surface area contributed by atoms with E-state index in [4.69, 9.17) is 14.4 Å². The second-order valence-corrected chi connectivity index (χ2v) is 5.37. The van der Waals surface area contributed by atoms with Crippen LogP contribution in [0.3, 0.4) is 0 Å². The average molecular weight is 376 g/mol. The molecule has 0 amide bonds. The molecule has 0 radical (unpaired) electrons. The number of phenols is 3. The molecule has 10 heteroatoms. The lowest BCUT2D eigenvalue weighted by Crippen LogP contribution is -2.09. The van der Waals surface area contributed by atoms with Crippen molar-refractivity contribution >= 4 is 16.9 Å². The Bertz CT molecular complexity index is 1100. The monoisotopic (exact) mass is 376 g/mol. The Morgan fingerprint density at radius 1 is 1.00 bits per heavy atom. The van der Waals surface area contributed by atoms with Crippen LogP contribution in [0.5, 0.6) is 28.7 Å². The van der Waals surface area contributed by atoms with Crippen molar-refractivity contribution < 1.29 is 44.5 Å².